The van der Waals surface area contributed by atoms with E-state index < -0.39 is 23.5 Å². The van der Waals surface area contributed by atoms with Gasteiger partial charge in [-0.05, 0) is 0 Å². The number of carbonyl (C=O) groups is 2. The summed E-state index contributed by atoms with van der Waals surface area (Å²) in [5.74, 6) is -1.68. The maximum Gasteiger partial charge on any atom is 0.362 e. The molecule has 0 aromatic rings. The first kappa shape index (κ1) is 11.1. The molecular formula is C4H7N3O6. The molecule has 13 heavy (non-hydrogen) atoms. The molecular weight excluding hydrogens is 186 g/mol. The van der Waals surface area contributed by atoms with E-state index in [1.165, 1.54) is 0 Å². The number of rotatable bonds is 5. The van der Waals surface area contributed by atoms with Gasteiger partial charge in [-0.15, -0.1) is 10.1 Å². The van der Waals surface area contributed by atoms with Crippen LogP contribution in [0.5, 0.6) is 0 Å². The summed E-state index contributed by atoms with van der Waals surface area (Å²) in [7, 11) is 0. The fraction of sp³-hybridized carbons (Fsp3) is 0.500. The molecule has 0 aliphatic rings. The summed E-state index contributed by atoms with van der Waals surface area (Å²) < 4.78 is 0. The average molecular weight is 193 g/mol. The topological polar surface area (TPSA) is 134 Å². The number of nitrogens with two attached hydrogens (primary N) is 1. The fourth-order valence-corrected chi connectivity index (χ4v) is 0.344. The molecule has 0 aliphatic heterocycles. The van der Waals surface area contributed by atoms with Gasteiger partial charge in [0.2, 0.25) is 5.91 Å². The zero-order valence-corrected chi connectivity index (χ0v) is 6.39. The summed E-state index contributed by atoms with van der Waals surface area (Å²) in [5, 5.41) is 10.2. The van der Waals surface area contributed by atoms with E-state index in [1.54, 1.807) is 0 Å². The first-order valence-electron chi connectivity index (χ1n) is 3.05. The molecule has 0 bridgehead atoms. The number of nitrogens with zero attached hydrogens (tertiary/aromatic N) is 1. The predicted octanol–water partition coefficient (Wildman–Crippen LogP) is -2.27. The van der Waals surface area contributed by atoms with Gasteiger partial charge in [-0.3, -0.25) is 9.68 Å². The van der Waals surface area contributed by atoms with Gasteiger partial charge >= 0.3 is 11.1 Å². The summed E-state index contributed by atoms with van der Waals surface area (Å²) >= 11 is 0. The Morgan fingerprint density at radius 2 is 2.15 bits per heavy atom. The quantitative estimate of drug-likeness (QED) is 0.285. The van der Waals surface area contributed by atoms with Crippen molar-refractivity contribution in [2.75, 3.05) is 13.1 Å². The molecule has 0 aromatic heterocycles. The molecule has 0 spiro atoms. The Balaban J connectivity index is 3.52. The maximum atomic E-state index is 10.5. The van der Waals surface area contributed by atoms with Gasteiger partial charge in [0.25, 0.3) is 0 Å². The molecule has 0 fully saturated rings. The van der Waals surface area contributed by atoms with Crippen molar-refractivity contribution in [1.29, 1.82) is 0 Å². The summed E-state index contributed by atoms with van der Waals surface area (Å²) in [6, 6.07) is 0. The molecule has 0 radical (unpaired) electrons. The zero-order valence-electron chi connectivity index (χ0n) is 6.39. The lowest BCUT2D eigenvalue weighted by atomic mass is 10.5. The lowest BCUT2D eigenvalue weighted by Crippen LogP contribution is -2.35. The smallest absolute Gasteiger partial charge is 0.344 e. The van der Waals surface area contributed by atoms with Crippen LogP contribution in [0.25, 0.3) is 0 Å². The third kappa shape index (κ3) is 6.50. The zero-order chi connectivity index (χ0) is 10.3. The van der Waals surface area contributed by atoms with Crippen LogP contribution < -0.4 is 11.1 Å². The lowest BCUT2D eigenvalue weighted by Gasteiger charge is -2.00. The number of carbonyl (C=O) groups excluding carboxylic acids is 2. The number of nitrogens with one attached hydrogen (secondary N) is 1. The minimum atomic E-state index is -1.30. The van der Waals surface area contributed by atoms with Crippen LogP contribution in [0.1, 0.15) is 0 Å². The molecule has 1 amide bonds. The van der Waals surface area contributed by atoms with E-state index in [0.717, 1.165) is 0 Å². The SMILES string of the molecule is NCC(=O)NCC(=O)OO[N+](=O)[O-]. The molecule has 0 aliphatic carbocycles. The van der Waals surface area contributed by atoms with Gasteiger partial charge in [0.15, 0.2) is 0 Å². The molecule has 9 heteroatoms. The molecule has 0 saturated heterocycles. The standard InChI is InChI=1S/C4H7N3O6/c5-1-3(8)6-2-4(9)12-13-7(10)11/h1-2,5H2,(H,6,8). The second kappa shape index (κ2) is 5.71. The molecule has 0 atom stereocenters. The van der Waals surface area contributed by atoms with Gasteiger partial charge in [-0.1, -0.05) is 4.99 Å². The molecule has 74 valence electrons. The number of amides is 1. The Kier molecular flexibility index (Phi) is 4.88. The normalized spacial score (nSPS) is 8.69. The second-order valence-electron chi connectivity index (χ2n) is 1.73. The first-order valence-corrected chi connectivity index (χ1v) is 3.05. The van der Waals surface area contributed by atoms with Crippen molar-refractivity contribution in [3.05, 3.63) is 10.1 Å². The van der Waals surface area contributed by atoms with Crippen molar-refractivity contribution in [1.82, 2.24) is 5.32 Å². The van der Waals surface area contributed by atoms with Crippen LogP contribution in [0, 0.1) is 10.1 Å². The Morgan fingerprint density at radius 3 is 2.62 bits per heavy atom. The third-order valence-corrected chi connectivity index (χ3v) is 0.806. The fourth-order valence-electron chi connectivity index (χ4n) is 0.344. The van der Waals surface area contributed by atoms with Crippen LogP contribution in [0.2, 0.25) is 0 Å². The largest absolute Gasteiger partial charge is 0.362 e. The van der Waals surface area contributed by atoms with E-state index in [9.17, 15) is 19.7 Å². The van der Waals surface area contributed by atoms with Crippen molar-refractivity contribution < 1.29 is 24.6 Å². The van der Waals surface area contributed by atoms with Crippen LogP contribution >= 0.6 is 0 Å². The molecule has 0 saturated carbocycles. The van der Waals surface area contributed by atoms with E-state index in [4.69, 9.17) is 5.73 Å². The van der Waals surface area contributed by atoms with Crippen LogP contribution in [0.4, 0.5) is 0 Å². The monoisotopic (exact) mass is 193 g/mol. The van der Waals surface area contributed by atoms with Crippen LogP contribution in [-0.2, 0) is 19.5 Å². The summed E-state index contributed by atoms with van der Waals surface area (Å²) in [6.07, 6.45) is 0. The summed E-state index contributed by atoms with van der Waals surface area (Å²) in [4.78, 5) is 37.3. The van der Waals surface area contributed by atoms with E-state index in [0.29, 0.717) is 0 Å². The Hall–Kier alpha value is -1.90. The summed E-state index contributed by atoms with van der Waals surface area (Å²) in [6.45, 7) is -0.826. The van der Waals surface area contributed by atoms with Crippen molar-refractivity contribution in [2.45, 2.75) is 0 Å². The maximum absolute atomic E-state index is 10.5. The average Bonchev–Trinajstić information content (AvgIpc) is 2.10. The molecule has 0 unspecified atom stereocenters. The molecule has 0 rings (SSSR count). The van der Waals surface area contributed by atoms with Crippen LogP contribution in [0.15, 0.2) is 0 Å². The number of hydrogen-bond donors (Lipinski definition) is 2. The van der Waals surface area contributed by atoms with Crippen molar-refractivity contribution in [2.24, 2.45) is 5.73 Å². The summed E-state index contributed by atoms with van der Waals surface area (Å²) in [5.41, 5.74) is 4.88. The predicted molar refractivity (Wildman–Crippen MR) is 36.2 cm³/mol. The van der Waals surface area contributed by atoms with Crippen LogP contribution in [0.3, 0.4) is 0 Å². The Morgan fingerprint density at radius 1 is 1.54 bits per heavy atom. The van der Waals surface area contributed by atoms with Gasteiger partial charge in [-0.2, -0.15) is 0 Å². The van der Waals surface area contributed by atoms with Crippen LogP contribution in [-0.4, -0.2) is 30.1 Å². The van der Waals surface area contributed by atoms with Gasteiger partial charge < -0.3 is 11.1 Å². The van der Waals surface area contributed by atoms with E-state index in [2.05, 4.69) is 9.88 Å². The molecule has 0 heterocycles. The second-order valence-corrected chi connectivity index (χ2v) is 1.73. The highest BCUT2D eigenvalue weighted by Crippen LogP contribution is 1.79. The van der Waals surface area contributed by atoms with E-state index in [-0.39, 0.29) is 6.54 Å². The lowest BCUT2D eigenvalue weighted by molar-refractivity contribution is -0.839. The van der Waals surface area contributed by atoms with Gasteiger partial charge in [0.1, 0.15) is 6.54 Å². The van der Waals surface area contributed by atoms with Crippen molar-refractivity contribution in [3.8, 4) is 0 Å². The Labute approximate surface area is 71.8 Å². The van der Waals surface area contributed by atoms with Crippen molar-refractivity contribution in [3.63, 3.8) is 0 Å². The third-order valence-electron chi connectivity index (χ3n) is 0.806. The van der Waals surface area contributed by atoms with Gasteiger partial charge in [-0.25, -0.2) is 4.79 Å². The van der Waals surface area contributed by atoms with E-state index in [1.807, 2.05) is 5.32 Å². The molecule has 3 N–H and O–H groups in total. The highest BCUT2D eigenvalue weighted by atomic mass is 17.3. The van der Waals surface area contributed by atoms with Gasteiger partial charge in [0, 0.05) is 0 Å². The van der Waals surface area contributed by atoms with Crippen molar-refractivity contribution >= 4 is 11.9 Å². The van der Waals surface area contributed by atoms with Gasteiger partial charge in [0.05, 0.1) is 6.54 Å². The minimum absolute atomic E-state index is 0.288. The first-order chi connectivity index (χ1) is 6.06. The highest BCUT2D eigenvalue weighted by Gasteiger charge is 2.07. The Bertz CT molecular complexity index is 216. The highest BCUT2D eigenvalue weighted by molar-refractivity contribution is 5.82. The van der Waals surface area contributed by atoms with E-state index >= 15 is 0 Å². The molecule has 9 nitrogen and oxygen atoms in total. The minimum Gasteiger partial charge on any atom is -0.344 e. The molecule has 0 aromatic carbocycles. The number of hydrogen-bond acceptors (Lipinski definition) is 7.